The van der Waals surface area contributed by atoms with Gasteiger partial charge in [-0.1, -0.05) is 17.9 Å². The lowest BCUT2D eigenvalue weighted by molar-refractivity contribution is -0.140. The van der Waals surface area contributed by atoms with Gasteiger partial charge in [0.25, 0.3) is 5.91 Å². The fraction of sp³-hybridized carbons (Fsp3) is 0.333. The number of carbonyl (C=O) groups excluding carboxylic acids is 2. The number of methoxy groups -OCH3 is 1. The van der Waals surface area contributed by atoms with Gasteiger partial charge in [0.05, 0.1) is 13.5 Å². The minimum absolute atomic E-state index is 0.156. The number of ether oxygens (including phenoxy) is 1. The van der Waals surface area contributed by atoms with Crippen molar-refractivity contribution < 1.29 is 19.4 Å². The number of aliphatic hydroxyl groups is 1. The van der Waals surface area contributed by atoms with Gasteiger partial charge in [-0.05, 0) is 18.2 Å². The van der Waals surface area contributed by atoms with Gasteiger partial charge in [-0.2, -0.15) is 0 Å². The van der Waals surface area contributed by atoms with Crippen molar-refractivity contribution in [2.24, 2.45) is 0 Å². The molecule has 0 aliphatic carbocycles. The van der Waals surface area contributed by atoms with Crippen molar-refractivity contribution in [1.82, 2.24) is 4.90 Å². The highest BCUT2D eigenvalue weighted by Crippen LogP contribution is 2.07. The monoisotopic (exact) mass is 275 g/mol. The summed E-state index contributed by atoms with van der Waals surface area (Å²) in [6.07, 6.45) is 0.156. The largest absolute Gasteiger partial charge is 0.469 e. The second kappa shape index (κ2) is 7.97. The number of rotatable bonds is 4. The highest BCUT2D eigenvalue weighted by molar-refractivity contribution is 5.94. The Kier molecular flexibility index (Phi) is 6.27. The molecule has 0 unspecified atom stereocenters. The molecule has 0 aliphatic rings. The van der Waals surface area contributed by atoms with Gasteiger partial charge < -0.3 is 14.7 Å². The van der Waals surface area contributed by atoms with E-state index in [4.69, 9.17) is 5.11 Å². The van der Waals surface area contributed by atoms with Gasteiger partial charge in [0, 0.05) is 24.7 Å². The van der Waals surface area contributed by atoms with Gasteiger partial charge >= 0.3 is 5.97 Å². The Hall–Kier alpha value is -2.32. The van der Waals surface area contributed by atoms with E-state index in [2.05, 4.69) is 16.6 Å². The van der Waals surface area contributed by atoms with Crippen molar-refractivity contribution >= 4 is 11.9 Å². The molecule has 0 aliphatic heterocycles. The van der Waals surface area contributed by atoms with E-state index in [-0.39, 0.29) is 31.4 Å². The molecule has 20 heavy (non-hydrogen) atoms. The molecule has 1 amide bonds. The zero-order valence-electron chi connectivity index (χ0n) is 11.5. The van der Waals surface area contributed by atoms with Crippen LogP contribution in [0.3, 0.4) is 0 Å². The van der Waals surface area contributed by atoms with Gasteiger partial charge in [-0.25, -0.2) is 0 Å². The van der Waals surface area contributed by atoms with Gasteiger partial charge in [-0.3, -0.25) is 9.59 Å². The van der Waals surface area contributed by atoms with E-state index in [0.717, 1.165) is 0 Å². The molecule has 0 aromatic heterocycles. The summed E-state index contributed by atoms with van der Waals surface area (Å²) in [5.74, 6) is 4.72. The minimum atomic E-state index is -0.354. The molecule has 0 radical (unpaired) electrons. The molecular weight excluding hydrogens is 258 g/mol. The molecule has 5 heteroatoms. The van der Waals surface area contributed by atoms with Crippen LogP contribution in [-0.4, -0.2) is 49.2 Å². The van der Waals surface area contributed by atoms with E-state index in [1.165, 1.54) is 12.0 Å². The zero-order chi connectivity index (χ0) is 15.0. The van der Waals surface area contributed by atoms with Crippen molar-refractivity contribution in [3.05, 3.63) is 35.4 Å². The summed E-state index contributed by atoms with van der Waals surface area (Å²) in [4.78, 5) is 24.6. The summed E-state index contributed by atoms with van der Waals surface area (Å²) in [5, 5.41) is 8.65. The molecule has 0 atom stereocenters. The molecule has 1 N–H and O–H groups in total. The molecule has 0 saturated heterocycles. The second-order valence-corrected chi connectivity index (χ2v) is 4.09. The van der Waals surface area contributed by atoms with E-state index < -0.39 is 0 Å². The molecular formula is C15H17NO4. The molecule has 1 aromatic rings. The van der Waals surface area contributed by atoms with Gasteiger partial charge in [0.1, 0.15) is 6.61 Å². The maximum absolute atomic E-state index is 12.1. The summed E-state index contributed by atoms with van der Waals surface area (Å²) >= 11 is 0. The summed E-state index contributed by atoms with van der Waals surface area (Å²) in [6.45, 7) is 0.0647. The van der Waals surface area contributed by atoms with E-state index in [1.807, 2.05) is 0 Å². The first-order valence-electron chi connectivity index (χ1n) is 6.10. The van der Waals surface area contributed by atoms with Crippen LogP contribution in [0.2, 0.25) is 0 Å². The average molecular weight is 275 g/mol. The third-order valence-electron chi connectivity index (χ3n) is 2.65. The van der Waals surface area contributed by atoms with Crippen LogP contribution in [0.25, 0.3) is 0 Å². The fourth-order valence-corrected chi connectivity index (χ4v) is 1.55. The predicted octanol–water partition coefficient (Wildman–Crippen LogP) is 0.665. The Labute approximate surface area is 118 Å². The smallest absolute Gasteiger partial charge is 0.307 e. The van der Waals surface area contributed by atoms with Crippen molar-refractivity contribution in [2.45, 2.75) is 6.42 Å². The third kappa shape index (κ3) is 4.75. The number of hydrogen-bond donors (Lipinski definition) is 1. The molecule has 0 saturated carbocycles. The van der Waals surface area contributed by atoms with Crippen molar-refractivity contribution in [1.29, 1.82) is 0 Å². The van der Waals surface area contributed by atoms with Crippen LogP contribution < -0.4 is 0 Å². The summed E-state index contributed by atoms with van der Waals surface area (Å²) < 4.78 is 4.53. The molecule has 1 aromatic carbocycles. The average Bonchev–Trinajstić information content (AvgIpc) is 2.49. The van der Waals surface area contributed by atoms with Crippen molar-refractivity contribution in [3.8, 4) is 11.8 Å². The lowest BCUT2D eigenvalue weighted by Gasteiger charge is -2.16. The quantitative estimate of drug-likeness (QED) is 0.647. The molecule has 1 rings (SSSR count). The van der Waals surface area contributed by atoms with Crippen LogP contribution in [0.4, 0.5) is 0 Å². The summed E-state index contributed by atoms with van der Waals surface area (Å²) in [6, 6.07) is 6.82. The highest BCUT2D eigenvalue weighted by Gasteiger charge is 2.13. The maximum atomic E-state index is 12.1. The van der Waals surface area contributed by atoms with Crippen molar-refractivity contribution in [2.75, 3.05) is 27.3 Å². The highest BCUT2D eigenvalue weighted by atomic mass is 16.5. The number of hydrogen-bond acceptors (Lipinski definition) is 4. The molecule has 0 heterocycles. The number of nitrogens with zero attached hydrogens (tertiary/aromatic N) is 1. The zero-order valence-corrected chi connectivity index (χ0v) is 11.5. The van der Waals surface area contributed by atoms with Gasteiger partial charge in [0.15, 0.2) is 0 Å². The minimum Gasteiger partial charge on any atom is -0.469 e. The lowest BCUT2D eigenvalue weighted by atomic mass is 10.1. The summed E-state index contributed by atoms with van der Waals surface area (Å²) in [7, 11) is 2.94. The molecule has 0 bridgehead atoms. The topological polar surface area (TPSA) is 66.8 Å². The second-order valence-electron chi connectivity index (χ2n) is 4.09. The number of carbonyl (C=O) groups is 2. The van der Waals surface area contributed by atoms with Crippen LogP contribution in [0, 0.1) is 11.8 Å². The van der Waals surface area contributed by atoms with Crippen LogP contribution in [0.15, 0.2) is 24.3 Å². The first kappa shape index (κ1) is 15.7. The number of aliphatic hydroxyl groups excluding tert-OH is 1. The Balaban J connectivity index is 2.73. The number of amides is 1. The lowest BCUT2D eigenvalue weighted by Crippen LogP contribution is -2.29. The SMILES string of the molecule is COC(=O)CCN(C)C(=O)c1cccc(C#CCO)c1. The number of esters is 1. The van der Waals surface area contributed by atoms with E-state index in [9.17, 15) is 9.59 Å². The summed E-state index contributed by atoms with van der Waals surface area (Å²) in [5.41, 5.74) is 1.15. The van der Waals surface area contributed by atoms with Gasteiger partial charge in [-0.15, -0.1) is 0 Å². The van der Waals surface area contributed by atoms with E-state index in [0.29, 0.717) is 11.1 Å². The van der Waals surface area contributed by atoms with Crippen LogP contribution >= 0.6 is 0 Å². The first-order chi connectivity index (χ1) is 9.58. The Morgan fingerprint density at radius 3 is 2.80 bits per heavy atom. The van der Waals surface area contributed by atoms with Gasteiger partial charge in [0.2, 0.25) is 0 Å². The third-order valence-corrected chi connectivity index (χ3v) is 2.65. The van der Waals surface area contributed by atoms with Crippen molar-refractivity contribution in [3.63, 3.8) is 0 Å². The Morgan fingerprint density at radius 1 is 1.40 bits per heavy atom. The number of benzene rings is 1. The first-order valence-corrected chi connectivity index (χ1v) is 6.10. The molecule has 0 fully saturated rings. The normalized spacial score (nSPS) is 9.35. The van der Waals surface area contributed by atoms with Crippen LogP contribution in [0.1, 0.15) is 22.3 Å². The van der Waals surface area contributed by atoms with E-state index >= 15 is 0 Å². The maximum Gasteiger partial charge on any atom is 0.307 e. The fourth-order valence-electron chi connectivity index (χ4n) is 1.55. The molecule has 5 nitrogen and oxygen atoms in total. The van der Waals surface area contributed by atoms with E-state index in [1.54, 1.807) is 31.3 Å². The Bertz CT molecular complexity index is 542. The Morgan fingerprint density at radius 2 is 2.15 bits per heavy atom. The standard InChI is InChI=1S/C15H17NO4/c1-16(9-8-14(18)20-2)15(19)13-7-3-5-12(11-13)6-4-10-17/h3,5,7,11,17H,8-10H2,1-2H3. The molecule has 0 spiro atoms. The molecule has 106 valence electrons. The van der Waals surface area contributed by atoms with Crippen LogP contribution in [0.5, 0.6) is 0 Å². The predicted molar refractivity (Wildman–Crippen MR) is 74.0 cm³/mol. The van der Waals surface area contributed by atoms with Crippen LogP contribution in [-0.2, 0) is 9.53 Å².